The van der Waals surface area contributed by atoms with Gasteiger partial charge in [-0.25, -0.2) is 0 Å². The first-order valence-corrected chi connectivity index (χ1v) is 7.78. The number of thiophene rings is 1. The predicted molar refractivity (Wildman–Crippen MR) is 92.5 cm³/mol. The van der Waals surface area contributed by atoms with Gasteiger partial charge >= 0.3 is 0 Å². The average Bonchev–Trinajstić information content (AvgIpc) is 3.05. The number of aliphatic hydroxyl groups is 1. The maximum Gasteiger partial charge on any atom is 0.119 e. The molecule has 2 rings (SSSR count). The Morgan fingerprint density at radius 3 is 2.45 bits per heavy atom. The fraction of sp³-hybridized carbons (Fsp3) is 0.375. The first-order chi connectivity index (χ1) is 10.2. The van der Waals surface area contributed by atoms with Crippen LogP contribution in [0.1, 0.15) is 17.8 Å². The van der Waals surface area contributed by atoms with Gasteiger partial charge in [0.2, 0.25) is 0 Å². The van der Waals surface area contributed by atoms with Crippen molar-refractivity contribution < 1.29 is 14.6 Å². The van der Waals surface area contributed by atoms with E-state index in [1.165, 1.54) is 4.88 Å². The topological polar surface area (TPSA) is 50.7 Å². The maximum absolute atomic E-state index is 9.95. The summed E-state index contributed by atoms with van der Waals surface area (Å²) in [7, 11) is 1.63. The average molecular weight is 344 g/mol. The zero-order chi connectivity index (χ0) is 15.1. The normalized spacial score (nSPS) is 13.0. The molecule has 1 heterocycles. The van der Waals surface area contributed by atoms with Gasteiger partial charge in [-0.15, -0.1) is 23.7 Å². The molecule has 0 aliphatic heterocycles. The molecule has 4 nitrogen and oxygen atoms in total. The second-order valence-corrected chi connectivity index (χ2v) is 5.76. The van der Waals surface area contributed by atoms with Crippen LogP contribution in [-0.4, -0.2) is 31.5 Å². The van der Waals surface area contributed by atoms with Gasteiger partial charge in [0.25, 0.3) is 0 Å². The van der Waals surface area contributed by atoms with Gasteiger partial charge in [-0.05, 0) is 42.6 Å². The second-order valence-electron chi connectivity index (χ2n) is 4.79. The van der Waals surface area contributed by atoms with Crippen molar-refractivity contribution in [1.29, 1.82) is 0 Å². The summed E-state index contributed by atoms with van der Waals surface area (Å²) in [5.74, 6) is 1.51. The van der Waals surface area contributed by atoms with Crippen LogP contribution >= 0.6 is 23.7 Å². The van der Waals surface area contributed by atoms with E-state index in [1.807, 2.05) is 30.3 Å². The molecule has 1 aromatic heterocycles. The Labute approximate surface area is 141 Å². The minimum atomic E-state index is -0.547. The van der Waals surface area contributed by atoms with Crippen LogP contribution in [0.25, 0.3) is 0 Å². The fourth-order valence-electron chi connectivity index (χ4n) is 1.87. The highest BCUT2D eigenvalue weighted by molar-refractivity contribution is 7.10. The standard InChI is InChI=1S/C16H21NO3S.ClH/c1-12(16-4-3-9-21-16)17-10-13(18)11-20-15-7-5-14(19-2)6-8-15;/h3-9,12-13,17-18H,10-11H2,1-2H3;1H. The Balaban J connectivity index is 0.00000242. The fourth-order valence-corrected chi connectivity index (χ4v) is 2.63. The molecule has 2 N–H and O–H groups in total. The molecule has 0 saturated heterocycles. The molecule has 0 bridgehead atoms. The van der Waals surface area contributed by atoms with Crippen molar-refractivity contribution in [3.8, 4) is 11.5 Å². The molecule has 0 radical (unpaired) electrons. The van der Waals surface area contributed by atoms with Gasteiger partial charge in [-0.1, -0.05) is 6.07 Å². The third kappa shape index (κ3) is 5.85. The molecule has 0 fully saturated rings. The van der Waals surface area contributed by atoms with Crippen LogP contribution in [0.5, 0.6) is 11.5 Å². The molecule has 1 aromatic carbocycles. The molecule has 0 aliphatic rings. The Morgan fingerprint density at radius 2 is 1.86 bits per heavy atom. The number of halogens is 1. The van der Waals surface area contributed by atoms with Gasteiger partial charge in [0, 0.05) is 17.5 Å². The van der Waals surface area contributed by atoms with Crippen LogP contribution in [0.4, 0.5) is 0 Å². The number of benzene rings is 1. The molecule has 2 unspecified atom stereocenters. The third-order valence-electron chi connectivity index (χ3n) is 3.13. The summed E-state index contributed by atoms with van der Waals surface area (Å²) in [6, 6.07) is 11.7. The van der Waals surface area contributed by atoms with Crippen molar-refractivity contribution in [3.63, 3.8) is 0 Å². The van der Waals surface area contributed by atoms with Crippen LogP contribution in [0.3, 0.4) is 0 Å². The largest absolute Gasteiger partial charge is 0.497 e. The number of hydrogen-bond acceptors (Lipinski definition) is 5. The number of methoxy groups -OCH3 is 1. The lowest BCUT2D eigenvalue weighted by Gasteiger charge is -2.17. The van der Waals surface area contributed by atoms with Crippen molar-refractivity contribution in [2.75, 3.05) is 20.3 Å². The van der Waals surface area contributed by atoms with E-state index < -0.39 is 6.10 Å². The summed E-state index contributed by atoms with van der Waals surface area (Å²) in [5, 5.41) is 15.3. The molecule has 0 aliphatic carbocycles. The molecule has 2 atom stereocenters. The highest BCUT2D eigenvalue weighted by Crippen LogP contribution is 2.18. The van der Waals surface area contributed by atoms with Gasteiger partial charge in [0.15, 0.2) is 0 Å². The molecule has 122 valence electrons. The van der Waals surface area contributed by atoms with Crippen molar-refractivity contribution in [2.45, 2.75) is 19.1 Å². The van der Waals surface area contributed by atoms with Gasteiger partial charge in [-0.2, -0.15) is 0 Å². The third-order valence-corrected chi connectivity index (χ3v) is 4.19. The number of ether oxygens (including phenoxy) is 2. The molecule has 22 heavy (non-hydrogen) atoms. The van der Waals surface area contributed by atoms with Crippen molar-refractivity contribution in [1.82, 2.24) is 5.32 Å². The Kier molecular flexibility index (Phi) is 8.27. The van der Waals surface area contributed by atoms with E-state index in [0.29, 0.717) is 6.54 Å². The predicted octanol–water partition coefficient (Wildman–Crippen LogP) is 3.27. The lowest BCUT2D eigenvalue weighted by molar-refractivity contribution is 0.104. The van der Waals surface area contributed by atoms with Crippen molar-refractivity contribution >= 4 is 23.7 Å². The summed E-state index contributed by atoms with van der Waals surface area (Å²) in [5.41, 5.74) is 0. The highest BCUT2D eigenvalue weighted by atomic mass is 35.5. The molecule has 6 heteroatoms. The molecular weight excluding hydrogens is 322 g/mol. The summed E-state index contributed by atoms with van der Waals surface area (Å²) in [4.78, 5) is 1.26. The summed E-state index contributed by atoms with van der Waals surface area (Å²) < 4.78 is 10.6. The Bertz CT molecular complexity index is 519. The lowest BCUT2D eigenvalue weighted by Crippen LogP contribution is -2.32. The summed E-state index contributed by atoms with van der Waals surface area (Å²) in [6.45, 7) is 2.84. The van der Waals surface area contributed by atoms with Gasteiger partial charge < -0.3 is 19.9 Å². The van der Waals surface area contributed by atoms with Crippen LogP contribution in [-0.2, 0) is 0 Å². The van der Waals surface area contributed by atoms with Crippen LogP contribution < -0.4 is 14.8 Å². The molecule has 0 spiro atoms. The lowest BCUT2D eigenvalue weighted by atomic mass is 10.2. The maximum atomic E-state index is 9.95. The highest BCUT2D eigenvalue weighted by Gasteiger charge is 2.10. The zero-order valence-corrected chi connectivity index (χ0v) is 14.3. The summed E-state index contributed by atoms with van der Waals surface area (Å²) >= 11 is 1.71. The van der Waals surface area contributed by atoms with Gasteiger partial charge in [0.05, 0.1) is 7.11 Å². The van der Waals surface area contributed by atoms with E-state index in [9.17, 15) is 5.11 Å². The second kappa shape index (κ2) is 9.69. The van der Waals surface area contributed by atoms with E-state index >= 15 is 0 Å². The molecule has 0 amide bonds. The number of nitrogens with one attached hydrogen (secondary N) is 1. The van der Waals surface area contributed by atoms with Crippen molar-refractivity contribution in [2.24, 2.45) is 0 Å². The number of rotatable bonds is 8. The van der Waals surface area contributed by atoms with E-state index in [4.69, 9.17) is 9.47 Å². The monoisotopic (exact) mass is 343 g/mol. The Morgan fingerprint density at radius 1 is 1.18 bits per heavy atom. The van der Waals surface area contributed by atoms with Crippen LogP contribution in [0.2, 0.25) is 0 Å². The zero-order valence-electron chi connectivity index (χ0n) is 12.7. The molecule has 0 saturated carbocycles. The number of hydrogen-bond donors (Lipinski definition) is 2. The van der Waals surface area contributed by atoms with E-state index in [1.54, 1.807) is 18.4 Å². The van der Waals surface area contributed by atoms with E-state index in [2.05, 4.69) is 23.7 Å². The van der Waals surface area contributed by atoms with Crippen molar-refractivity contribution in [3.05, 3.63) is 46.7 Å². The van der Waals surface area contributed by atoms with E-state index in [-0.39, 0.29) is 25.1 Å². The molecule has 2 aromatic rings. The number of aliphatic hydroxyl groups excluding tert-OH is 1. The minimum absolute atomic E-state index is 0. The van der Waals surface area contributed by atoms with Crippen LogP contribution in [0.15, 0.2) is 41.8 Å². The molecular formula is C16H22ClNO3S. The van der Waals surface area contributed by atoms with Gasteiger partial charge in [-0.3, -0.25) is 0 Å². The van der Waals surface area contributed by atoms with E-state index in [0.717, 1.165) is 11.5 Å². The first-order valence-electron chi connectivity index (χ1n) is 6.90. The van der Waals surface area contributed by atoms with Gasteiger partial charge in [0.1, 0.15) is 24.2 Å². The quantitative estimate of drug-likeness (QED) is 0.772. The first kappa shape index (κ1) is 18.8. The summed E-state index contributed by atoms with van der Waals surface area (Å²) in [6.07, 6.45) is -0.547. The van der Waals surface area contributed by atoms with Crippen LogP contribution in [0, 0.1) is 0 Å². The minimum Gasteiger partial charge on any atom is -0.497 e. The Hall–Kier alpha value is -1.27. The SMILES string of the molecule is COc1ccc(OCC(O)CNC(C)c2cccs2)cc1.Cl. The smallest absolute Gasteiger partial charge is 0.119 e.